The predicted molar refractivity (Wildman–Crippen MR) is 126 cm³/mol. The summed E-state index contributed by atoms with van der Waals surface area (Å²) in [6.07, 6.45) is -3.89. The summed E-state index contributed by atoms with van der Waals surface area (Å²) < 4.78 is 66.3. The summed E-state index contributed by atoms with van der Waals surface area (Å²) in [7, 11) is 0. The van der Waals surface area contributed by atoms with Gasteiger partial charge < -0.3 is 10.2 Å². The van der Waals surface area contributed by atoms with Gasteiger partial charge in [0.2, 0.25) is 0 Å². The van der Waals surface area contributed by atoms with Gasteiger partial charge in [-0.2, -0.15) is 13.2 Å². The summed E-state index contributed by atoms with van der Waals surface area (Å²) in [5, 5.41) is 19.6. The third-order valence-corrected chi connectivity index (χ3v) is 5.80. The Balaban J connectivity index is 0.000000342. The number of aryl methyl sites for hydroxylation is 2. The van der Waals surface area contributed by atoms with Gasteiger partial charge in [0, 0.05) is 6.42 Å². The predicted octanol–water partition coefficient (Wildman–Crippen LogP) is 8.18. The molecule has 34 heavy (non-hydrogen) atoms. The zero-order valence-corrected chi connectivity index (χ0v) is 20.4. The van der Waals surface area contributed by atoms with E-state index < -0.39 is 23.8 Å². The molecule has 2 aromatic carbocycles. The van der Waals surface area contributed by atoms with Crippen LogP contribution in [0.1, 0.15) is 87.2 Å². The summed E-state index contributed by atoms with van der Waals surface area (Å²) >= 11 is 0. The molecule has 0 saturated carbocycles. The minimum atomic E-state index is -4.64. The molecule has 0 aliphatic carbocycles. The summed E-state index contributed by atoms with van der Waals surface area (Å²) in [6.45, 7) is 7.45. The molecule has 0 aliphatic heterocycles. The van der Waals surface area contributed by atoms with Crippen molar-refractivity contribution in [3.63, 3.8) is 0 Å². The third-order valence-electron chi connectivity index (χ3n) is 5.80. The molecule has 2 aromatic rings. The van der Waals surface area contributed by atoms with Crippen molar-refractivity contribution in [2.24, 2.45) is 0 Å². The first kappa shape index (κ1) is 30.0. The minimum absolute atomic E-state index is 0.0725. The topological polar surface area (TPSA) is 40.5 Å². The molecule has 0 heterocycles. The second-order valence-electron chi connectivity index (χ2n) is 8.86. The summed E-state index contributed by atoms with van der Waals surface area (Å²) in [6, 6.07) is 12.5. The lowest BCUT2D eigenvalue weighted by molar-refractivity contribution is -0.269. The van der Waals surface area contributed by atoms with Crippen LogP contribution in [0.3, 0.4) is 0 Å². The molecule has 2 atom stereocenters. The van der Waals surface area contributed by atoms with Gasteiger partial charge in [0.25, 0.3) is 5.92 Å². The van der Waals surface area contributed by atoms with E-state index in [4.69, 9.17) is 0 Å². The highest BCUT2D eigenvalue weighted by Crippen LogP contribution is 2.42. The van der Waals surface area contributed by atoms with Gasteiger partial charge in [0.05, 0.1) is 0 Å². The molecule has 0 bridgehead atoms. The van der Waals surface area contributed by atoms with Gasteiger partial charge in [-0.15, -0.1) is 0 Å². The number of benzene rings is 2. The van der Waals surface area contributed by atoms with E-state index in [0.29, 0.717) is 25.7 Å². The standard InChI is InChI=1S/C14H19F3O.C13H18F2O/c1-3-4-5-10-13(18,14(15,16)17)12-8-6-11(2)7-9-12;1-3-4-9-13(14,15)12(16)11-7-5-10(2)6-8-11/h6-9,18H,3-5,10H2,1-2H3;5-8,12,16H,3-4,9H2,1-2H3. The molecular formula is C27H37F5O2. The highest BCUT2D eigenvalue weighted by molar-refractivity contribution is 5.28. The van der Waals surface area contributed by atoms with Gasteiger partial charge in [-0.05, 0) is 44.2 Å². The lowest BCUT2D eigenvalue weighted by Gasteiger charge is -2.31. The van der Waals surface area contributed by atoms with Crippen molar-refractivity contribution in [1.29, 1.82) is 0 Å². The van der Waals surface area contributed by atoms with Crippen molar-refractivity contribution in [1.82, 2.24) is 0 Å². The fraction of sp³-hybridized carbons (Fsp3) is 0.556. The molecule has 0 aromatic heterocycles. The quantitative estimate of drug-likeness (QED) is 0.261. The van der Waals surface area contributed by atoms with E-state index in [1.807, 2.05) is 20.8 Å². The maximum Gasteiger partial charge on any atom is 0.421 e. The Bertz CT molecular complexity index is 832. The van der Waals surface area contributed by atoms with Crippen molar-refractivity contribution >= 4 is 0 Å². The molecule has 0 fully saturated rings. The van der Waals surface area contributed by atoms with E-state index in [0.717, 1.165) is 17.5 Å². The van der Waals surface area contributed by atoms with Crippen molar-refractivity contribution in [3.8, 4) is 0 Å². The molecule has 0 radical (unpaired) electrons. The van der Waals surface area contributed by atoms with Gasteiger partial charge in [-0.1, -0.05) is 92.8 Å². The molecule has 192 valence electrons. The van der Waals surface area contributed by atoms with E-state index in [1.54, 1.807) is 43.3 Å². The SMILES string of the molecule is CCCCC(F)(F)C(O)c1ccc(C)cc1.CCCCCC(O)(c1ccc(C)cc1)C(F)(F)F. The van der Waals surface area contributed by atoms with Crippen LogP contribution in [0.4, 0.5) is 22.0 Å². The zero-order chi connectivity index (χ0) is 26.0. The smallest absolute Gasteiger partial charge is 0.382 e. The first-order valence-electron chi connectivity index (χ1n) is 11.8. The molecular weight excluding hydrogens is 451 g/mol. The number of halogens is 5. The molecule has 2 nitrogen and oxygen atoms in total. The number of rotatable bonds is 10. The number of alkyl halides is 5. The molecule has 0 saturated heterocycles. The first-order chi connectivity index (χ1) is 15.8. The third kappa shape index (κ3) is 8.66. The highest BCUT2D eigenvalue weighted by Gasteiger charge is 2.54. The fourth-order valence-corrected chi connectivity index (χ4v) is 3.45. The Labute approximate surface area is 199 Å². The number of aliphatic hydroxyl groups excluding tert-OH is 1. The monoisotopic (exact) mass is 488 g/mol. The van der Waals surface area contributed by atoms with Crippen molar-refractivity contribution in [2.45, 2.75) is 96.4 Å². The summed E-state index contributed by atoms with van der Waals surface area (Å²) in [5.41, 5.74) is -0.649. The Morgan fingerprint density at radius 2 is 1.18 bits per heavy atom. The molecule has 2 rings (SSSR count). The van der Waals surface area contributed by atoms with Crippen LogP contribution in [0, 0.1) is 13.8 Å². The zero-order valence-electron chi connectivity index (χ0n) is 20.4. The van der Waals surface area contributed by atoms with Crippen LogP contribution in [0.5, 0.6) is 0 Å². The van der Waals surface area contributed by atoms with Crippen molar-refractivity contribution in [2.75, 3.05) is 0 Å². The van der Waals surface area contributed by atoms with Gasteiger partial charge >= 0.3 is 6.18 Å². The highest BCUT2D eigenvalue weighted by atomic mass is 19.4. The van der Waals surface area contributed by atoms with E-state index in [-0.39, 0.29) is 24.0 Å². The molecule has 7 heteroatoms. The van der Waals surface area contributed by atoms with E-state index in [2.05, 4.69) is 0 Å². The Hall–Kier alpha value is -1.99. The second-order valence-corrected chi connectivity index (χ2v) is 8.86. The molecule has 0 aliphatic rings. The van der Waals surface area contributed by atoms with Gasteiger partial charge in [-0.25, -0.2) is 8.78 Å². The number of hydrogen-bond acceptors (Lipinski definition) is 2. The van der Waals surface area contributed by atoms with Gasteiger partial charge in [-0.3, -0.25) is 0 Å². The molecule has 0 spiro atoms. The number of aliphatic hydroxyl groups is 2. The lowest BCUT2D eigenvalue weighted by Crippen LogP contribution is -2.42. The normalized spacial score (nSPS) is 14.7. The average molecular weight is 489 g/mol. The Kier molecular flexibility index (Phi) is 11.7. The summed E-state index contributed by atoms with van der Waals surface area (Å²) in [4.78, 5) is 0. The molecule has 2 N–H and O–H groups in total. The maximum atomic E-state index is 13.5. The first-order valence-corrected chi connectivity index (χ1v) is 11.8. The Morgan fingerprint density at radius 3 is 1.62 bits per heavy atom. The summed E-state index contributed by atoms with van der Waals surface area (Å²) in [5.74, 6) is -3.04. The van der Waals surface area contributed by atoms with Crippen LogP contribution < -0.4 is 0 Å². The molecule has 0 amide bonds. The van der Waals surface area contributed by atoms with Crippen molar-refractivity contribution in [3.05, 3.63) is 70.8 Å². The largest absolute Gasteiger partial charge is 0.421 e. The van der Waals surface area contributed by atoms with Gasteiger partial charge in [0.1, 0.15) is 6.10 Å². The van der Waals surface area contributed by atoms with Crippen LogP contribution >= 0.6 is 0 Å². The van der Waals surface area contributed by atoms with Crippen LogP contribution in [-0.4, -0.2) is 22.3 Å². The number of unbranched alkanes of at least 4 members (excludes halogenated alkanes) is 3. The maximum absolute atomic E-state index is 13.5. The van der Waals surface area contributed by atoms with Crippen LogP contribution in [0.25, 0.3) is 0 Å². The van der Waals surface area contributed by atoms with E-state index in [1.165, 1.54) is 12.1 Å². The van der Waals surface area contributed by atoms with E-state index in [9.17, 15) is 32.2 Å². The van der Waals surface area contributed by atoms with Crippen LogP contribution in [-0.2, 0) is 5.60 Å². The lowest BCUT2D eigenvalue weighted by atomic mass is 9.87. The van der Waals surface area contributed by atoms with Crippen molar-refractivity contribution < 1.29 is 32.2 Å². The average Bonchev–Trinajstić information content (AvgIpc) is 2.78. The second kappa shape index (κ2) is 13.2. The fourth-order valence-electron chi connectivity index (χ4n) is 3.45. The molecule has 2 unspecified atom stereocenters. The van der Waals surface area contributed by atoms with Crippen LogP contribution in [0.2, 0.25) is 0 Å². The minimum Gasteiger partial charge on any atom is -0.382 e. The van der Waals surface area contributed by atoms with Crippen LogP contribution in [0.15, 0.2) is 48.5 Å². The van der Waals surface area contributed by atoms with Gasteiger partial charge in [0.15, 0.2) is 5.60 Å². The van der Waals surface area contributed by atoms with E-state index >= 15 is 0 Å². The Morgan fingerprint density at radius 1 is 0.706 bits per heavy atom. The number of hydrogen-bond donors (Lipinski definition) is 2.